The molecule has 0 spiro atoms. The van der Waals surface area contributed by atoms with Gasteiger partial charge in [-0.05, 0) is 46.6 Å². The molecule has 0 aliphatic rings. The first-order chi connectivity index (χ1) is 9.56. The third-order valence-corrected chi connectivity index (χ3v) is 3.75. The van der Waals surface area contributed by atoms with Crippen molar-refractivity contribution in [1.82, 2.24) is 4.98 Å². The molecule has 0 aliphatic heterocycles. The number of ether oxygens (including phenoxy) is 2. The number of carbonyl (C=O) groups is 1. The lowest BCUT2D eigenvalue weighted by Crippen LogP contribution is -2.34. The number of aromatic amines is 1. The smallest absolute Gasteiger partial charge is 0.323 e. The number of nitrogens with one attached hydrogen (secondary N) is 1. The summed E-state index contributed by atoms with van der Waals surface area (Å²) in [5, 5.41) is 0.982. The highest BCUT2D eigenvalue weighted by Gasteiger charge is 2.19. The van der Waals surface area contributed by atoms with Gasteiger partial charge in [-0.2, -0.15) is 0 Å². The Morgan fingerprint density at radius 3 is 2.90 bits per heavy atom. The van der Waals surface area contributed by atoms with E-state index in [0.29, 0.717) is 13.0 Å². The summed E-state index contributed by atoms with van der Waals surface area (Å²) in [5.74, 6) is 0.367. The van der Waals surface area contributed by atoms with E-state index in [2.05, 4.69) is 20.9 Å². The average molecular weight is 341 g/mol. The third-order valence-electron chi connectivity index (χ3n) is 3.07. The van der Waals surface area contributed by atoms with Crippen molar-refractivity contribution in [3.05, 3.63) is 28.4 Å². The number of methoxy groups -OCH3 is 1. The van der Waals surface area contributed by atoms with Crippen LogP contribution in [0.1, 0.15) is 12.5 Å². The number of carbonyl (C=O) groups excluding carboxylic acids is 1. The Morgan fingerprint density at radius 2 is 2.25 bits per heavy atom. The van der Waals surface area contributed by atoms with E-state index < -0.39 is 12.0 Å². The summed E-state index contributed by atoms with van der Waals surface area (Å²) in [5.41, 5.74) is 7.79. The average Bonchev–Trinajstić information content (AvgIpc) is 2.74. The van der Waals surface area contributed by atoms with Gasteiger partial charge in [0.2, 0.25) is 0 Å². The van der Waals surface area contributed by atoms with E-state index in [1.54, 1.807) is 14.0 Å². The van der Waals surface area contributed by atoms with Gasteiger partial charge in [0.1, 0.15) is 11.8 Å². The predicted octanol–water partition coefficient (Wildman–Crippen LogP) is 2.37. The second-order valence-corrected chi connectivity index (χ2v) is 5.18. The molecule has 1 aromatic heterocycles. The summed E-state index contributed by atoms with van der Waals surface area (Å²) in [6.45, 7) is 2.09. The van der Waals surface area contributed by atoms with Gasteiger partial charge in [-0.1, -0.05) is 0 Å². The van der Waals surface area contributed by atoms with Gasteiger partial charge < -0.3 is 20.2 Å². The second kappa shape index (κ2) is 6.28. The molecule has 1 unspecified atom stereocenters. The van der Waals surface area contributed by atoms with Crippen molar-refractivity contribution in [3.8, 4) is 5.75 Å². The summed E-state index contributed by atoms with van der Waals surface area (Å²) >= 11 is 3.47. The molecule has 0 aliphatic carbocycles. The molecule has 0 fully saturated rings. The van der Waals surface area contributed by atoms with Gasteiger partial charge in [-0.15, -0.1) is 0 Å². The van der Waals surface area contributed by atoms with Crippen LogP contribution in [-0.4, -0.2) is 30.7 Å². The molecule has 0 saturated carbocycles. The monoisotopic (exact) mass is 340 g/mol. The highest BCUT2D eigenvalue weighted by atomic mass is 79.9. The summed E-state index contributed by atoms with van der Waals surface area (Å²) < 4.78 is 11.0. The van der Waals surface area contributed by atoms with Gasteiger partial charge in [0, 0.05) is 17.3 Å². The molecule has 108 valence electrons. The van der Waals surface area contributed by atoms with Crippen LogP contribution in [0.5, 0.6) is 5.75 Å². The number of hydrogen-bond acceptors (Lipinski definition) is 4. The first-order valence-electron chi connectivity index (χ1n) is 6.33. The minimum absolute atomic E-state index is 0.329. The van der Waals surface area contributed by atoms with E-state index in [1.165, 1.54) is 0 Å². The van der Waals surface area contributed by atoms with Gasteiger partial charge in [-0.3, -0.25) is 4.79 Å². The van der Waals surface area contributed by atoms with Crippen LogP contribution in [-0.2, 0) is 16.0 Å². The van der Waals surface area contributed by atoms with Gasteiger partial charge in [-0.25, -0.2) is 0 Å². The highest BCUT2D eigenvalue weighted by Crippen LogP contribution is 2.30. The maximum Gasteiger partial charge on any atom is 0.323 e. The molecule has 0 radical (unpaired) electrons. The fourth-order valence-electron chi connectivity index (χ4n) is 2.07. The molecule has 20 heavy (non-hydrogen) atoms. The molecule has 1 atom stereocenters. The Bertz CT molecular complexity index is 624. The van der Waals surface area contributed by atoms with E-state index in [9.17, 15) is 4.79 Å². The van der Waals surface area contributed by atoms with Crippen molar-refractivity contribution in [2.75, 3.05) is 13.7 Å². The van der Waals surface area contributed by atoms with Crippen molar-refractivity contribution < 1.29 is 14.3 Å². The van der Waals surface area contributed by atoms with Crippen molar-refractivity contribution in [1.29, 1.82) is 0 Å². The highest BCUT2D eigenvalue weighted by molar-refractivity contribution is 9.10. The number of esters is 1. The molecule has 1 aromatic carbocycles. The van der Waals surface area contributed by atoms with Crippen LogP contribution in [0.4, 0.5) is 0 Å². The summed E-state index contributed by atoms with van der Waals surface area (Å²) in [6.07, 6.45) is 0.395. The number of hydrogen-bond donors (Lipinski definition) is 2. The van der Waals surface area contributed by atoms with Crippen molar-refractivity contribution in [3.63, 3.8) is 0 Å². The Balaban J connectivity index is 2.33. The Kier molecular flexibility index (Phi) is 4.67. The van der Waals surface area contributed by atoms with Gasteiger partial charge in [0.05, 0.1) is 18.3 Å². The molecule has 3 N–H and O–H groups in total. The number of fused-ring (bicyclic) bond motifs is 1. The largest absolute Gasteiger partial charge is 0.497 e. The van der Waals surface area contributed by atoms with Crippen LogP contribution in [0.25, 0.3) is 10.9 Å². The molecule has 1 heterocycles. The normalized spacial score (nSPS) is 12.4. The van der Waals surface area contributed by atoms with E-state index in [1.807, 2.05) is 18.2 Å². The Morgan fingerprint density at radius 1 is 1.50 bits per heavy atom. The van der Waals surface area contributed by atoms with E-state index in [4.69, 9.17) is 15.2 Å². The summed E-state index contributed by atoms with van der Waals surface area (Å²) in [7, 11) is 1.62. The van der Waals surface area contributed by atoms with E-state index in [-0.39, 0.29) is 0 Å². The minimum atomic E-state index is -0.684. The Hall–Kier alpha value is -1.53. The minimum Gasteiger partial charge on any atom is -0.497 e. The summed E-state index contributed by atoms with van der Waals surface area (Å²) in [4.78, 5) is 14.9. The Labute approximate surface area is 125 Å². The number of halogens is 1. The van der Waals surface area contributed by atoms with Crippen molar-refractivity contribution in [2.24, 2.45) is 5.73 Å². The molecular formula is C14H17BrN2O3. The van der Waals surface area contributed by atoms with Crippen LogP contribution < -0.4 is 10.5 Å². The maximum absolute atomic E-state index is 11.6. The molecule has 6 heteroatoms. The van der Waals surface area contributed by atoms with Crippen LogP contribution in [0, 0.1) is 0 Å². The van der Waals surface area contributed by atoms with E-state index in [0.717, 1.165) is 26.8 Å². The fraction of sp³-hybridized carbons (Fsp3) is 0.357. The third kappa shape index (κ3) is 2.96. The number of benzene rings is 1. The lowest BCUT2D eigenvalue weighted by Gasteiger charge is -2.10. The number of rotatable bonds is 5. The first-order valence-corrected chi connectivity index (χ1v) is 7.12. The van der Waals surface area contributed by atoms with Crippen LogP contribution >= 0.6 is 15.9 Å². The molecule has 5 nitrogen and oxygen atoms in total. The molecule has 0 amide bonds. The zero-order chi connectivity index (χ0) is 14.7. The lowest BCUT2D eigenvalue weighted by molar-refractivity contribution is -0.144. The first kappa shape index (κ1) is 14.9. The zero-order valence-corrected chi connectivity index (χ0v) is 13.0. The van der Waals surface area contributed by atoms with Crippen molar-refractivity contribution in [2.45, 2.75) is 19.4 Å². The number of aromatic nitrogens is 1. The number of H-pyrrole nitrogens is 1. The predicted molar refractivity (Wildman–Crippen MR) is 80.9 cm³/mol. The standard InChI is InChI=1S/C14H17BrN2O3/c1-3-20-14(18)11(16)7-10-9-6-8(19-2)4-5-12(9)17-13(10)15/h4-6,11,17H,3,7,16H2,1-2H3. The fourth-order valence-corrected chi connectivity index (χ4v) is 2.66. The van der Waals surface area contributed by atoms with Gasteiger partial charge >= 0.3 is 5.97 Å². The van der Waals surface area contributed by atoms with Crippen molar-refractivity contribution >= 4 is 32.8 Å². The molecule has 0 saturated heterocycles. The molecule has 2 rings (SSSR count). The maximum atomic E-state index is 11.6. The van der Waals surface area contributed by atoms with Gasteiger partial charge in [0.15, 0.2) is 0 Å². The second-order valence-electron chi connectivity index (χ2n) is 4.39. The van der Waals surface area contributed by atoms with Crippen LogP contribution in [0.3, 0.4) is 0 Å². The van der Waals surface area contributed by atoms with E-state index >= 15 is 0 Å². The quantitative estimate of drug-likeness (QED) is 0.819. The topological polar surface area (TPSA) is 77.3 Å². The number of nitrogens with two attached hydrogens (primary N) is 1. The van der Waals surface area contributed by atoms with Gasteiger partial charge in [0.25, 0.3) is 0 Å². The zero-order valence-electron chi connectivity index (χ0n) is 11.4. The molecular weight excluding hydrogens is 324 g/mol. The summed E-state index contributed by atoms with van der Waals surface area (Å²) in [6, 6.07) is 5.04. The van der Waals surface area contributed by atoms with Crippen LogP contribution in [0.2, 0.25) is 0 Å². The molecule has 2 aromatic rings. The SMILES string of the molecule is CCOC(=O)C(N)Cc1c(Br)[nH]c2ccc(OC)cc12. The molecule has 0 bridgehead atoms. The van der Waals surface area contributed by atoms with Crippen LogP contribution in [0.15, 0.2) is 22.8 Å². The lowest BCUT2D eigenvalue weighted by atomic mass is 10.1.